The first-order valence-electron chi connectivity index (χ1n) is 9.95. The number of anilines is 2. The lowest BCUT2D eigenvalue weighted by Gasteiger charge is -2.17. The van der Waals surface area contributed by atoms with Crippen molar-refractivity contribution in [2.75, 3.05) is 10.6 Å². The van der Waals surface area contributed by atoms with Gasteiger partial charge in [0.15, 0.2) is 5.69 Å². The largest absolute Gasteiger partial charge is 0.377 e. The van der Waals surface area contributed by atoms with Crippen molar-refractivity contribution in [3.63, 3.8) is 0 Å². The Morgan fingerprint density at radius 1 is 1.03 bits per heavy atom. The molecule has 0 radical (unpaired) electrons. The van der Waals surface area contributed by atoms with Crippen molar-refractivity contribution >= 4 is 28.9 Å². The summed E-state index contributed by atoms with van der Waals surface area (Å²) in [6.07, 6.45) is 1.63. The highest BCUT2D eigenvalue weighted by Gasteiger charge is 2.13. The van der Waals surface area contributed by atoms with Gasteiger partial charge < -0.3 is 10.6 Å². The number of nitrogens with zero attached hydrogens (tertiary/aromatic N) is 3. The number of carbonyl (C=O) groups excluding carboxylic acids is 1. The standard InChI is InChI=1S/C24H22ClN5O/c1-17(19-10-6-3-7-11-19)26-22-13-12-20(14-21(22)25)27-24(31)23-16-30(29-28-23)15-18-8-4-2-5-9-18/h2-14,16-17,26H,15H2,1H3,(H,27,31). The third-order valence-electron chi connectivity index (χ3n) is 4.86. The maximum Gasteiger partial charge on any atom is 0.277 e. The minimum Gasteiger partial charge on any atom is -0.377 e. The van der Waals surface area contributed by atoms with Crippen molar-refractivity contribution in [1.29, 1.82) is 0 Å². The Balaban J connectivity index is 1.39. The van der Waals surface area contributed by atoms with Gasteiger partial charge in [-0.15, -0.1) is 5.10 Å². The van der Waals surface area contributed by atoms with Crippen molar-refractivity contribution in [3.8, 4) is 0 Å². The van der Waals surface area contributed by atoms with Crippen LogP contribution in [-0.4, -0.2) is 20.9 Å². The van der Waals surface area contributed by atoms with Gasteiger partial charge in [0.2, 0.25) is 0 Å². The molecule has 7 heteroatoms. The topological polar surface area (TPSA) is 71.8 Å². The average molecular weight is 432 g/mol. The summed E-state index contributed by atoms with van der Waals surface area (Å²) in [6, 6.07) is 25.5. The van der Waals surface area contributed by atoms with Crippen LogP contribution in [0.15, 0.2) is 85.1 Å². The molecule has 1 heterocycles. The number of aromatic nitrogens is 3. The van der Waals surface area contributed by atoms with Crippen molar-refractivity contribution in [1.82, 2.24) is 15.0 Å². The molecule has 0 bridgehead atoms. The van der Waals surface area contributed by atoms with E-state index in [1.165, 1.54) is 0 Å². The number of nitrogens with one attached hydrogen (secondary N) is 2. The summed E-state index contributed by atoms with van der Waals surface area (Å²) in [5.41, 5.74) is 3.87. The Hall–Kier alpha value is -3.64. The maximum atomic E-state index is 12.6. The molecule has 1 amide bonds. The van der Waals surface area contributed by atoms with Crippen molar-refractivity contribution in [2.45, 2.75) is 19.5 Å². The Morgan fingerprint density at radius 2 is 1.74 bits per heavy atom. The first kappa shape index (κ1) is 20.6. The molecule has 1 unspecified atom stereocenters. The van der Waals surface area contributed by atoms with Crippen LogP contribution in [0.5, 0.6) is 0 Å². The molecule has 0 spiro atoms. The Morgan fingerprint density at radius 3 is 2.45 bits per heavy atom. The maximum absolute atomic E-state index is 12.6. The number of rotatable bonds is 7. The summed E-state index contributed by atoms with van der Waals surface area (Å²) in [7, 11) is 0. The molecule has 0 fully saturated rings. The second-order valence-electron chi connectivity index (χ2n) is 7.21. The highest BCUT2D eigenvalue weighted by Crippen LogP contribution is 2.29. The van der Waals surface area contributed by atoms with Gasteiger partial charge in [0.1, 0.15) is 0 Å². The molecule has 156 valence electrons. The van der Waals surface area contributed by atoms with E-state index in [4.69, 9.17) is 11.6 Å². The summed E-state index contributed by atoms with van der Waals surface area (Å²) in [4.78, 5) is 12.6. The zero-order chi connectivity index (χ0) is 21.6. The number of carbonyl (C=O) groups is 1. The number of benzene rings is 3. The molecular formula is C24H22ClN5O. The fourth-order valence-electron chi connectivity index (χ4n) is 3.21. The molecular weight excluding hydrogens is 410 g/mol. The van der Waals surface area contributed by atoms with Crippen LogP contribution in [0.25, 0.3) is 0 Å². The van der Waals surface area contributed by atoms with E-state index in [0.717, 1.165) is 16.8 Å². The zero-order valence-electron chi connectivity index (χ0n) is 17.0. The van der Waals surface area contributed by atoms with Gasteiger partial charge in [-0.05, 0) is 36.2 Å². The molecule has 0 aliphatic heterocycles. The van der Waals surface area contributed by atoms with Crippen LogP contribution in [0.1, 0.15) is 34.6 Å². The summed E-state index contributed by atoms with van der Waals surface area (Å²) in [6.45, 7) is 2.62. The lowest BCUT2D eigenvalue weighted by atomic mass is 10.1. The fourth-order valence-corrected chi connectivity index (χ4v) is 3.45. The van der Waals surface area contributed by atoms with Crippen molar-refractivity contribution in [2.24, 2.45) is 0 Å². The molecule has 1 aromatic heterocycles. The highest BCUT2D eigenvalue weighted by atomic mass is 35.5. The van der Waals surface area contributed by atoms with E-state index >= 15 is 0 Å². The van der Waals surface area contributed by atoms with Crippen LogP contribution >= 0.6 is 11.6 Å². The zero-order valence-corrected chi connectivity index (χ0v) is 17.8. The van der Waals surface area contributed by atoms with E-state index in [1.54, 1.807) is 23.0 Å². The summed E-state index contributed by atoms with van der Waals surface area (Å²) in [5, 5.41) is 14.8. The SMILES string of the molecule is CC(Nc1ccc(NC(=O)c2cn(Cc3ccccc3)nn2)cc1Cl)c1ccccc1. The molecule has 0 aliphatic carbocycles. The molecule has 0 saturated carbocycles. The van der Waals surface area contributed by atoms with Gasteiger partial charge in [-0.2, -0.15) is 0 Å². The van der Waals surface area contributed by atoms with E-state index in [0.29, 0.717) is 17.3 Å². The molecule has 4 rings (SSSR count). The molecule has 2 N–H and O–H groups in total. The van der Waals surface area contributed by atoms with Crippen molar-refractivity contribution < 1.29 is 4.79 Å². The average Bonchev–Trinajstić information content (AvgIpc) is 3.25. The van der Waals surface area contributed by atoms with Crippen LogP contribution in [0.4, 0.5) is 11.4 Å². The Labute approximate surface area is 185 Å². The molecule has 4 aromatic rings. The molecule has 31 heavy (non-hydrogen) atoms. The predicted molar refractivity (Wildman–Crippen MR) is 123 cm³/mol. The Bertz CT molecular complexity index is 1160. The molecule has 0 saturated heterocycles. The third-order valence-corrected chi connectivity index (χ3v) is 5.17. The smallest absolute Gasteiger partial charge is 0.277 e. The van der Waals surface area contributed by atoms with Crippen LogP contribution < -0.4 is 10.6 Å². The Kier molecular flexibility index (Phi) is 6.29. The first-order valence-corrected chi connectivity index (χ1v) is 10.3. The first-order chi connectivity index (χ1) is 15.1. The van der Waals surface area contributed by atoms with Gasteiger partial charge in [0, 0.05) is 11.7 Å². The van der Waals surface area contributed by atoms with Crippen LogP contribution in [0, 0.1) is 0 Å². The lowest BCUT2D eigenvalue weighted by Crippen LogP contribution is -2.13. The molecule has 0 aliphatic rings. The number of halogens is 1. The van der Waals surface area contributed by atoms with E-state index in [2.05, 4.69) is 40.0 Å². The highest BCUT2D eigenvalue weighted by molar-refractivity contribution is 6.33. The lowest BCUT2D eigenvalue weighted by molar-refractivity contribution is 0.102. The van der Waals surface area contributed by atoms with Gasteiger partial charge >= 0.3 is 0 Å². The van der Waals surface area contributed by atoms with Crippen molar-refractivity contribution in [3.05, 3.63) is 107 Å². The van der Waals surface area contributed by atoms with Gasteiger partial charge in [0.05, 0.1) is 23.5 Å². The summed E-state index contributed by atoms with van der Waals surface area (Å²) in [5.74, 6) is -0.339. The van der Waals surface area contributed by atoms with Gasteiger partial charge in [-0.1, -0.05) is 77.5 Å². The molecule has 3 aromatic carbocycles. The van der Waals surface area contributed by atoms with Crippen LogP contribution in [0.3, 0.4) is 0 Å². The van der Waals surface area contributed by atoms with E-state index in [-0.39, 0.29) is 17.6 Å². The van der Waals surface area contributed by atoms with Gasteiger partial charge in [-0.3, -0.25) is 4.79 Å². The number of amides is 1. The second kappa shape index (κ2) is 9.45. The molecule has 1 atom stereocenters. The minimum atomic E-state index is -0.339. The van der Waals surface area contributed by atoms with Crippen LogP contribution in [0.2, 0.25) is 5.02 Å². The van der Waals surface area contributed by atoms with Gasteiger partial charge in [-0.25, -0.2) is 4.68 Å². The molecule has 6 nitrogen and oxygen atoms in total. The predicted octanol–water partition coefficient (Wildman–Crippen LogP) is 5.41. The summed E-state index contributed by atoms with van der Waals surface area (Å²) < 4.78 is 1.63. The number of hydrogen-bond acceptors (Lipinski definition) is 4. The van der Waals surface area contributed by atoms with E-state index < -0.39 is 0 Å². The second-order valence-corrected chi connectivity index (χ2v) is 7.62. The van der Waals surface area contributed by atoms with E-state index in [9.17, 15) is 4.79 Å². The summed E-state index contributed by atoms with van der Waals surface area (Å²) >= 11 is 6.44. The monoisotopic (exact) mass is 431 g/mol. The minimum absolute atomic E-state index is 0.0961. The normalized spacial score (nSPS) is 11.7. The fraction of sp³-hybridized carbons (Fsp3) is 0.125. The van der Waals surface area contributed by atoms with Crippen LogP contribution in [-0.2, 0) is 6.54 Å². The van der Waals surface area contributed by atoms with Gasteiger partial charge in [0.25, 0.3) is 5.91 Å². The quantitative estimate of drug-likeness (QED) is 0.410. The number of hydrogen-bond donors (Lipinski definition) is 2. The van der Waals surface area contributed by atoms with E-state index in [1.807, 2.05) is 54.6 Å². The third kappa shape index (κ3) is 5.29.